The molecule has 2 aromatic rings. The number of anilines is 1. The normalized spacial score (nSPS) is 14.3. The molecule has 0 spiro atoms. The fourth-order valence-corrected chi connectivity index (χ4v) is 3.13. The maximum atomic E-state index is 12.3. The number of carbonyl (C=O) groups excluding carboxylic acids is 2. The third-order valence-electron chi connectivity index (χ3n) is 4.57. The van der Waals surface area contributed by atoms with Gasteiger partial charge in [0.05, 0.1) is 12.9 Å². The van der Waals surface area contributed by atoms with Gasteiger partial charge in [0.2, 0.25) is 17.5 Å². The Kier molecular flexibility index (Phi) is 6.73. The molecule has 3 heterocycles. The molecule has 154 valence electrons. The van der Waals surface area contributed by atoms with Crippen LogP contribution in [0.15, 0.2) is 27.2 Å². The summed E-state index contributed by atoms with van der Waals surface area (Å²) in [5.41, 5.74) is 0.198. The summed E-state index contributed by atoms with van der Waals surface area (Å²) in [5.74, 6) is 0.932. The molecule has 0 bridgehead atoms. The molecule has 1 aliphatic heterocycles. The van der Waals surface area contributed by atoms with E-state index in [9.17, 15) is 14.9 Å². The molecule has 0 saturated carbocycles. The standard InChI is InChI=1S/C19H23N5O5/c1-2-27-19(26)22-8-7-21-16(25)13-5-9-24(10-6-13)18-14(12-20)23-17(29-18)15-4-3-11-28-15/h3-4,11,13H,2,5-10H2,1H3,(H,21,25)(H,22,26). The first-order valence-corrected chi connectivity index (χ1v) is 9.50. The minimum absolute atomic E-state index is 0.0512. The smallest absolute Gasteiger partial charge is 0.407 e. The lowest BCUT2D eigenvalue weighted by Gasteiger charge is -2.30. The summed E-state index contributed by atoms with van der Waals surface area (Å²) in [6.45, 7) is 3.82. The van der Waals surface area contributed by atoms with E-state index >= 15 is 0 Å². The largest absolute Gasteiger partial charge is 0.459 e. The third kappa shape index (κ3) is 5.07. The number of nitrogens with one attached hydrogen (secondary N) is 2. The highest BCUT2D eigenvalue weighted by molar-refractivity contribution is 5.79. The number of hydrogen-bond donors (Lipinski definition) is 2. The zero-order valence-corrected chi connectivity index (χ0v) is 16.1. The number of alkyl carbamates (subject to hydrolysis) is 1. The minimum atomic E-state index is -0.496. The van der Waals surface area contributed by atoms with Crippen molar-refractivity contribution in [2.45, 2.75) is 19.8 Å². The second-order valence-electron chi connectivity index (χ2n) is 6.46. The molecule has 10 heteroatoms. The van der Waals surface area contributed by atoms with E-state index in [1.807, 2.05) is 11.0 Å². The zero-order chi connectivity index (χ0) is 20.6. The van der Waals surface area contributed by atoms with Crippen LogP contribution in [0.25, 0.3) is 11.7 Å². The molecule has 1 saturated heterocycles. The second-order valence-corrected chi connectivity index (χ2v) is 6.46. The van der Waals surface area contributed by atoms with E-state index in [0.717, 1.165) is 0 Å². The number of carbonyl (C=O) groups is 2. The van der Waals surface area contributed by atoms with E-state index in [2.05, 4.69) is 15.6 Å². The molecular weight excluding hydrogens is 378 g/mol. The van der Waals surface area contributed by atoms with Crippen LogP contribution in [0.1, 0.15) is 25.5 Å². The number of nitrogens with zero attached hydrogens (tertiary/aromatic N) is 3. The van der Waals surface area contributed by atoms with Crippen LogP contribution in [0.5, 0.6) is 0 Å². The number of hydrogen-bond acceptors (Lipinski definition) is 8. The van der Waals surface area contributed by atoms with Crippen LogP contribution < -0.4 is 15.5 Å². The maximum Gasteiger partial charge on any atom is 0.407 e. The van der Waals surface area contributed by atoms with Gasteiger partial charge >= 0.3 is 6.09 Å². The molecule has 0 aliphatic carbocycles. The SMILES string of the molecule is CCOC(=O)NCCNC(=O)C1CCN(c2oc(-c3ccco3)nc2C#N)CC1. The highest BCUT2D eigenvalue weighted by Crippen LogP contribution is 2.31. The first-order chi connectivity index (χ1) is 14.1. The monoisotopic (exact) mass is 401 g/mol. The van der Waals surface area contributed by atoms with Crippen molar-refractivity contribution < 1.29 is 23.2 Å². The fraction of sp³-hybridized carbons (Fsp3) is 0.474. The molecule has 1 fully saturated rings. The Bertz CT molecular complexity index is 862. The number of ether oxygens (including phenoxy) is 1. The molecule has 0 unspecified atom stereocenters. The highest BCUT2D eigenvalue weighted by atomic mass is 16.5. The molecule has 2 amide bonds. The van der Waals surface area contributed by atoms with E-state index in [1.165, 1.54) is 6.26 Å². The Morgan fingerprint density at radius 2 is 2.10 bits per heavy atom. The van der Waals surface area contributed by atoms with Gasteiger partial charge in [-0.3, -0.25) is 4.79 Å². The van der Waals surface area contributed by atoms with Crippen LogP contribution in [0, 0.1) is 17.2 Å². The Labute approximate surface area is 167 Å². The van der Waals surface area contributed by atoms with Crippen LogP contribution in [0.2, 0.25) is 0 Å². The van der Waals surface area contributed by atoms with Crippen molar-refractivity contribution in [2.24, 2.45) is 5.92 Å². The molecule has 1 aliphatic rings. The van der Waals surface area contributed by atoms with Gasteiger partial charge in [-0.25, -0.2) is 4.79 Å². The van der Waals surface area contributed by atoms with Crippen molar-refractivity contribution in [3.8, 4) is 17.7 Å². The number of aromatic nitrogens is 1. The molecule has 0 aromatic carbocycles. The molecule has 0 radical (unpaired) electrons. The van der Waals surface area contributed by atoms with Gasteiger partial charge in [-0.05, 0) is 31.9 Å². The lowest BCUT2D eigenvalue weighted by molar-refractivity contribution is -0.125. The van der Waals surface area contributed by atoms with E-state index in [-0.39, 0.29) is 23.4 Å². The van der Waals surface area contributed by atoms with E-state index < -0.39 is 6.09 Å². The molecule has 3 rings (SSSR count). The number of amides is 2. The molecular formula is C19H23N5O5. The fourth-order valence-electron chi connectivity index (χ4n) is 3.13. The average molecular weight is 401 g/mol. The van der Waals surface area contributed by atoms with Crippen molar-refractivity contribution in [3.05, 3.63) is 24.1 Å². The number of oxazole rings is 1. The van der Waals surface area contributed by atoms with Gasteiger partial charge in [0, 0.05) is 32.1 Å². The van der Waals surface area contributed by atoms with Crippen molar-refractivity contribution >= 4 is 17.9 Å². The van der Waals surface area contributed by atoms with Gasteiger partial charge in [-0.1, -0.05) is 0 Å². The predicted octanol–water partition coefficient (Wildman–Crippen LogP) is 1.88. The van der Waals surface area contributed by atoms with Gasteiger partial charge in [0.25, 0.3) is 5.89 Å². The maximum absolute atomic E-state index is 12.3. The van der Waals surface area contributed by atoms with E-state index in [0.29, 0.717) is 57.3 Å². The Morgan fingerprint density at radius 3 is 2.76 bits per heavy atom. The van der Waals surface area contributed by atoms with Gasteiger partial charge < -0.3 is 29.1 Å². The number of piperidine rings is 1. The molecule has 10 nitrogen and oxygen atoms in total. The van der Waals surface area contributed by atoms with Crippen LogP contribution in [0.3, 0.4) is 0 Å². The molecule has 2 aromatic heterocycles. The summed E-state index contributed by atoms with van der Waals surface area (Å²) in [6.07, 6.45) is 2.26. The number of rotatable bonds is 7. The van der Waals surface area contributed by atoms with Gasteiger partial charge in [0.1, 0.15) is 6.07 Å². The third-order valence-corrected chi connectivity index (χ3v) is 4.57. The molecule has 0 atom stereocenters. The average Bonchev–Trinajstić information content (AvgIpc) is 3.41. The van der Waals surface area contributed by atoms with E-state index in [1.54, 1.807) is 19.1 Å². The Hall–Kier alpha value is -3.48. The van der Waals surface area contributed by atoms with E-state index in [4.69, 9.17) is 13.6 Å². The van der Waals surface area contributed by atoms with Crippen molar-refractivity contribution in [2.75, 3.05) is 37.7 Å². The van der Waals surface area contributed by atoms with Gasteiger partial charge in [0.15, 0.2) is 5.76 Å². The van der Waals surface area contributed by atoms with Crippen molar-refractivity contribution in [1.82, 2.24) is 15.6 Å². The highest BCUT2D eigenvalue weighted by Gasteiger charge is 2.29. The molecule has 29 heavy (non-hydrogen) atoms. The summed E-state index contributed by atoms with van der Waals surface area (Å²) in [4.78, 5) is 29.6. The van der Waals surface area contributed by atoms with Gasteiger partial charge in [-0.2, -0.15) is 10.2 Å². The van der Waals surface area contributed by atoms with Crippen LogP contribution in [-0.4, -0.2) is 49.8 Å². The predicted molar refractivity (Wildman–Crippen MR) is 102 cm³/mol. The summed E-state index contributed by atoms with van der Waals surface area (Å²) in [7, 11) is 0. The molecule has 2 N–H and O–H groups in total. The van der Waals surface area contributed by atoms with Crippen LogP contribution in [-0.2, 0) is 9.53 Å². The Balaban J connectivity index is 1.49. The summed E-state index contributed by atoms with van der Waals surface area (Å²) >= 11 is 0. The lowest BCUT2D eigenvalue weighted by atomic mass is 9.96. The second kappa shape index (κ2) is 9.64. The van der Waals surface area contributed by atoms with Crippen LogP contribution in [0.4, 0.5) is 10.7 Å². The minimum Gasteiger partial charge on any atom is -0.459 e. The van der Waals surface area contributed by atoms with Crippen LogP contribution >= 0.6 is 0 Å². The Morgan fingerprint density at radius 1 is 1.34 bits per heavy atom. The first kappa shape index (κ1) is 20.3. The quantitative estimate of drug-likeness (QED) is 0.672. The van der Waals surface area contributed by atoms with Crippen molar-refractivity contribution in [3.63, 3.8) is 0 Å². The number of furan rings is 1. The first-order valence-electron chi connectivity index (χ1n) is 9.50. The zero-order valence-electron chi connectivity index (χ0n) is 16.1. The summed E-state index contributed by atoms with van der Waals surface area (Å²) in [5, 5.41) is 14.7. The number of nitriles is 1. The topological polar surface area (TPSA) is 134 Å². The van der Waals surface area contributed by atoms with Crippen molar-refractivity contribution in [1.29, 1.82) is 5.26 Å². The summed E-state index contributed by atoms with van der Waals surface area (Å²) in [6, 6.07) is 5.48. The summed E-state index contributed by atoms with van der Waals surface area (Å²) < 4.78 is 15.8. The van der Waals surface area contributed by atoms with Gasteiger partial charge in [-0.15, -0.1) is 0 Å². The lowest BCUT2D eigenvalue weighted by Crippen LogP contribution is -2.42.